The molecule has 228 valence electrons. The van der Waals surface area contributed by atoms with E-state index in [1.54, 1.807) is 0 Å². The third kappa shape index (κ3) is 4.49. The Morgan fingerprint density at radius 3 is 1.67 bits per heavy atom. The van der Waals surface area contributed by atoms with E-state index in [0.29, 0.717) is 28.4 Å². The largest absolute Gasteiger partial charge is 0.456 e. The normalized spacial score (nSPS) is 13.1. The lowest BCUT2D eigenvalue weighted by Gasteiger charge is -2.12. The van der Waals surface area contributed by atoms with Gasteiger partial charge in [0.05, 0.1) is 6.85 Å². The highest BCUT2D eigenvalue weighted by atomic mass is 16.3. The van der Waals surface area contributed by atoms with Crippen molar-refractivity contribution < 1.29 is 11.3 Å². The molecular formula is C45H27N3O. The molecule has 49 heavy (non-hydrogen) atoms. The van der Waals surface area contributed by atoms with Crippen molar-refractivity contribution in [1.29, 1.82) is 0 Å². The van der Waals surface area contributed by atoms with Crippen molar-refractivity contribution in [1.82, 2.24) is 15.0 Å². The number of aromatic nitrogens is 3. The van der Waals surface area contributed by atoms with E-state index in [4.69, 9.17) is 21.2 Å². The minimum absolute atomic E-state index is 0.00963. The number of furan rings is 1. The van der Waals surface area contributed by atoms with Crippen LogP contribution in [0.3, 0.4) is 0 Å². The molecule has 0 saturated heterocycles. The van der Waals surface area contributed by atoms with Gasteiger partial charge in [0.15, 0.2) is 17.5 Å². The summed E-state index contributed by atoms with van der Waals surface area (Å²) in [6, 6.07) is 42.8. The molecule has 10 rings (SSSR count). The number of hydrogen-bond acceptors (Lipinski definition) is 4. The van der Waals surface area contributed by atoms with E-state index in [1.807, 2.05) is 60.7 Å². The molecule has 0 fully saturated rings. The second kappa shape index (κ2) is 11.0. The third-order valence-corrected chi connectivity index (χ3v) is 9.20. The molecule has 0 atom stereocenters. The SMILES string of the molecule is [2H]c1c([2H])c([2H])c(-c2nc(-c3ccccc3)nc(-c3ccc4oc5cccc(-c6ccc7c8ccccc8c8ccccc8c7c6)c5c4c3)n2)c([2H])c1[2H]. The molecule has 2 heterocycles. The molecule has 0 saturated carbocycles. The van der Waals surface area contributed by atoms with Crippen LogP contribution in [0, 0.1) is 0 Å². The van der Waals surface area contributed by atoms with Crippen LogP contribution < -0.4 is 0 Å². The van der Waals surface area contributed by atoms with E-state index in [0.717, 1.165) is 27.5 Å². The molecule has 0 bridgehead atoms. The van der Waals surface area contributed by atoms with Crippen LogP contribution in [-0.2, 0) is 0 Å². The predicted molar refractivity (Wildman–Crippen MR) is 201 cm³/mol. The lowest BCUT2D eigenvalue weighted by Crippen LogP contribution is -2.00. The Labute approximate surface area is 289 Å². The molecule has 0 radical (unpaired) electrons. The number of rotatable bonds is 4. The summed E-state index contributed by atoms with van der Waals surface area (Å²) >= 11 is 0. The van der Waals surface area contributed by atoms with Gasteiger partial charge in [-0.1, -0.05) is 133 Å². The predicted octanol–water partition coefficient (Wildman–Crippen LogP) is 11.9. The van der Waals surface area contributed by atoms with Gasteiger partial charge in [0.25, 0.3) is 0 Å². The quantitative estimate of drug-likeness (QED) is 0.182. The maximum Gasteiger partial charge on any atom is 0.164 e. The molecule has 10 aromatic rings. The minimum atomic E-state index is -0.479. The van der Waals surface area contributed by atoms with Gasteiger partial charge in [-0.3, -0.25) is 0 Å². The summed E-state index contributed by atoms with van der Waals surface area (Å²) in [6.07, 6.45) is 0. The molecule has 0 unspecified atom stereocenters. The van der Waals surface area contributed by atoms with Crippen LogP contribution in [0.1, 0.15) is 6.85 Å². The average Bonchev–Trinajstić information content (AvgIpc) is 3.61. The summed E-state index contributed by atoms with van der Waals surface area (Å²) in [4.78, 5) is 14.3. The highest BCUT2D eigenvalue weighted by molar-refractivity contribution is 6.26. The Morgan fingerprint density at radius 2 is 0.959 bits per heavy atom. The van der Waals surface area contributed by atoms with Crippen LogP contribution in [0.4, 0.5) is 0 Å². The van der Waals surface area contributed by atoms with E-state index >= 15 is 0 Å². The second-order valence-electron chi connectivity index (χ2n) is 12.0. The van der Waals surface area contributed by atoms with Gasteiger partial charge < -0.3 is 4.42 Å². The zero-order chi connectivity index (χ0) is 36.7. The van der Waals surface area contributed by atoms with Gasteiger partial charge in [0, 0.05) is 27.5 Å². The fraction of sp³-hybridized carbons (Fsp3) is 0. The lowest BCUT2D eigenvalue weighted by atomic mass is 9.91. The van der Waals surface area contributed by atoms with Gasteiger partial charge in [-0.15, -0.1) is 0 Å². The Morgan fingerprint density at radius 1 is 0.388 bits per heavy atom. The Bertz CT molecular complexity index is 3120. The van der Waals surface area contributed by atoms with Crippen molar-refractivity contribution in [3.05, 3.63) is 164 Å². The summed E-state index contributed by atoms with van der Waals surface area (Å²) in [7, 11) is 0. The summed E-state index contributed by atoms with van der Waals surface area (Å²) in [5.41, 5.74) is 4.77. The maximum atomic E-state index is 8.65. The first-order valence-electron chi connectivity index (χ1n) is 18.5. The molecule has 4 nitrogen and oxygen atoms in total. The van der Waals surface area contributed by atoms with Crippen molar-refractivity contribution in [2.45, 2.75) is 0 Å². The van der Waals surface area contributed by atoms with E-state index in [-0.39, 0.29) is 23.5 Å². The number of hydrogen-bond donors (Lipinski definition) is 0. The van der Waals surface area contributed by atoms with Gasteiger partial charge in [-0.25, -0.2) is 15.0 Å². The topological polar surface area (TPSA) is 51.8 Å². The highest BCUT2D eigenvalue weighted by Gasteiger charge is 2.17. The van der Waals surface area contributed by atoms with Crippen LogP contribution in [0.15, 0.2) is 168 Å². The fourth-order valence-corrected chi connectivity index (χ4v) is 6.98. The average molecular weight is 631 g/mol. The van der Waals surface area contributed by atoms with Crippen LogP contribution in [-0.4, -0.2) is 15.0 Å². The second-order valence-corrected chi connectivity index (χ2v) is 12.0. The van der Waals surface area contributed by atoms with E-state index in [1.165, 1.54) is 32.3 Å². The van der Waals surface area contributed by atoms with Crippen LogP contribution in [0.25, 0.3) is 99.5 Å². The third-order valence-electron chi connectivity index (χ3n) is 9.20. The Hall–Kier alpha value is -6.65. The monoisotopic (exact) mass is 630 g/mol. The fourth-order valence-electron chi connectivity index (χ4n) is 6.98. The summed E-state index contributed by atoms with van der Waals surface area (Å²) in [5.74, 6) is 0.601. The van der Waals surface area contributed by atoms with Crippen LogP contribution in [0.5, 0.6) is 0 Å². The van der Waals surface area contributed by atoms with Gasteiger partial charge in [-0.05, 0) is 73.8 Å². The zero-order valence-corrected chi connectivity index (χ0v) is 26.0. The molecule has 0 N–H and O–H groups in total. The zero-order valence-electron chi connectivity index (χ0n) is 31.0. The summed E-state index contributed by atoms with van der Waals surface area (Å²) in [6.45, 7) is 0. The summed E-state index contributed by atoms with van der Waals surface area (Å²) < 4.78 is 48.4. The molecule has 0 spiro atoms. The standard InChI is InChI=1S/C45H27N3O/c1-3-12-28(13-4-1)43-46-44(29-14-5-2-6-15-29)48-45(47-43)31-23-25-40-39(27-31)42-32(20-11-21-41(42)49-40)30-22-24-37-35-18-8-7-16-33(35)34-17-9-10-19-36(34)38(37)26-30/h1-27H/i1D,3D,4D,12D,13D. The number of benzene rings is 8. The molecular weight excluding hydrogens is 599 g/mol. The summed E-state index contributed by atoms with van der Waals surface area (Å²) in [5, 5.41) is 9.03. The Balaban J connectivity index is 1.19. The van der Waals surface area contributed by atoms with Gasteiger partial charge in [0.1, 0.15) is 11.2 Å². The van der Waals surface area contributed by atoms with E-state index in [2.05, 4.69) is 77.8 Å². The highest BCUT2D eigenvalue weighted by Crippen LogP contribution is 2.41. The number of nitrogens with zero attached hydrogens (tertiary/aromatic N) is 3. The first-order chi connectivity index (χ1) is 26.4. The van der Waals surface area contributed by atoms with Gasteiger partial charge in [-0.2, -0.15) is 0 Å². The molecule has 0 aliphatic carbocycles. The van der Waals surface area contributed by atoms with Crippen molar-refractivity contribution in [3.8, 4) is 45.3 Å². The number of fused-ring (bicyclic) bond motifs is 9. The van der Waals surface area contributed by atoms with Gasteiger partial charge in [0.2, 0.25) is 0 Å². The van der Waals surface area contributed by atoms with Crippen molar-refractivity contribution in [2.75, 3.05) is 0 Å². The van der Waals surface area contributed by atoms with Crippen LogP contribution in [0.2, 0.25) is 0 Å². The van der Waals surface area contributed by atoms with Crippen molar-refractivity contribution in [2.24, 2.45) is 0 Å². The smallest absolute Gasteiger partial charge is 0.164 e. The Kier molecular flexibility index (Phi) is 5.10. The molecule has 0 amide bonds. The minimum Gasteiger partial charge on any atom is -0.456 e. The van der Waals surface area contributed by atoms with E-state index in [9.17, 15) is 0 Å². The first-order valence-corrected chi connectivity index (χ1v) is 16.0. The molecule has 0 aliphatic heterocycles. The van der Waals surface area contributed by atoms with Crippen molar-refractivity contribution in [3.63, 3.8) is 0 Å². The van der Waals surface area contributed by atoms with Crippen LogP contribution >= 0.6 is 0 Å². The molecule has 4 heteroatoms. The van der Waals surface area contributed by atoms with E-state index < -0.39 is 18.1 Å². The molecule has 0 aliphatic rings. The maximum absolute atomic E-state index is 8.65. The lowest BCUT2D eigenvalue weighted by molar-refractivity contribution is 0.669. The molecule has 2 aromatic heterocycles. The first kappa shape index (κ1) is 22.8. The van der Waals surface area contributed by atoms with Gasteiger partial charge >= 0.3 is 0 Å². The van der Waals surface area contributed by atoms with Crippen molar-refractivity contribution >= 4 is 54.3 Å². The molecule has 8 aromatic carbocycles.